The summed E-state index contributed by atoms with van der Waals surface area (Å²) in [5.41, 5.74) is 3.62. The second-order valence-electron chi connectivity index (χ2n) is 9.02. The molecule has 1 saturated heterocycles. The maximum Gasteiger partial charge on any atom is 0.258 e. The van der Waals surface area contributed by atoms with Gasteiger partial charge in [0.25, 0.3) is 5.56 Å². The number of aromatic nitrogens is 5. The predicted octanol–water partition coefficient (Wildman–Crippen LogP) is 1.65. The highest BCUT2D eigenvalue weighted by atomic mass is 16.1. The van der Waals surface area contributed by atoms with Gasteiger partial charge >= 0.3 is 0 Å². The summed E-state index contributed by atoms with van der Waals surface area (Å²) in [6.07, 6.45) is 2.32. The van der Waals surface area contributed by atoms with Gasteiger partial charge in [-0.25, -0.2) is 4.68 Å². The minimum Gasteiger partial charge on any atom is -0.322 e. The maximum absolute atomic E-state index is 13.2. The summed E-state index contributed by atoms with van der Waals surface area (Å²) in [4.78, 5) is 17.7. The van der Waals surface area contributed by atoms with E-state index in [4.69, 9.17) is 0 Å². The van der Waals surface area contributed by atoms with Crippen molar-refractivity contribution < 1.29 is 4.90 Å². The van der Waals surface area contributed by atoms with E-state index < -0.39 is 0 Å². The third kappa shape index (κ3) is 3.24. The molecule has 3 heterocycles. The highest BCUT2D eigenvalue weighted by Gasteiger charge is 2.37. The largest absolute Gasteiger partial charge is 0.322 e. The fourth-order valence-corrected chi connectivity index (χ4v) is 4.43. The molecule has 28 heavy (non-hydrogen) atoms. The molecule has 2 aromatic heterocycles. The first kappa shape index (κ1) is 18.8. The first-order valence-corrected chi connectivity index (χ1v) is 10.0. The minimum atomic E-state index is -0.257. The molecule has 0 unspecified atom stereocenters. The number of tetrazole rings is 1. The molecule has 4 rings (SSSR count). The Labute approximate surface area is 164 Å². The standard InChI is InChI=1S/C21H28N6O/c1-13-10-14(2)17-15(11-13)12-16(20(28)22-17)18(26-8-6-7-9-26)19-23-24-25-27(19)21(3,4)5/h10-12,18H,6-9H2,1-5H3,(H,22,28)/p+1/t18-/m1/s1. The Balaban J connectivity index is 1.95. The zero-order valence-corrected chi connectivity index (χ0v) is 17.3. The van der Waals surface area contributed by atoms with Gasteiger partial charge in [-0.3, -0.25) is 4.79 Å². The molecule has 1 aliphatic rings. The molecule has 148 valence electrons. The van der Waals surface area contributed by atoms with Crippen LogP contribution in [0.15, 0.2) is 23.0 Å². The molecule has 1 aliphatic heterocycles. The van der Waals surface area contributed by atoms with Crippen molar-refractivity contribution in [1.29, 1.82) is 0 Å². The van der Waals surface area contributed by atoms with Crippen LogP contribution >= 0.6 is 0 Å². The van der Waals surface area contributed by atoms with E-state index in [-0.39, 0.29) is 17.1 Å². The summed E-state index contributed by atoms with van der Waals surface area (Å²) in [6.45, 7) is 12.4. The van der Waals surface area contributed by atoms with Crippen LogP contribution in [0.2, 0.25) is 0 Å². The van der Waals surface area contributed by atoms with Gasteiger partial charge in [0.05, 0.1) is 29.7 Å². The van der Waals surface area contributed by atoms with E-state index >= 15 is 0 Å². The van der Waals surface area contributed by atoms with Crippen LogP contribution in [0, 0.1) is 13.8 Å². The van der Waals surface area contributed by atoms with Gasteiger partial charge in [-0.05, 0) is 68.1 Å². The van der Waals surface area contributed by atoms with Crippen molar-refractivity contribution in [2.24, 2.45) is 0 Å². The van der Waals surface area contributed by atoms with Gasteiger partial charge < -0.3 is 9.88 Å². The number of rotatable bonds is 3. The Morgan fingerprint density at radius 2 is 1.86 bits per heavy atom. The molecular formula is C21H29N6O+. The summed E-state index contributed by atoms with van der Waals surface area (Å²) in [6, 6.07) is 6.10. The number of H-pyrrole nitrogens is 1. The average molecular weight is 382 g/mol. The van der Waals surface area contributed by atoms with Crippen LogP contribution in [-0.4, -0.2) is 38.3 Å². The lowest BCUT2D eigenvalue weighted by Gasteiger charge is -2.27. The monoisotopic (exact) mass is 381 g/mol. The van der Waals surface area contributed by atoms with Crippen molar-refractivity contribution in [2.45, 2.75) is 59.0 Å². The minimum absolute atomic E-state index is 0.0488. The molecule has 0 radical (unpaired) electrons. The molecule has 0 saturated carbocycles. The summed E-state index contributed by atoms with van der Waals surface area (Å²) in [5, 5.41) is 13.7. The summed E-state index contributed by atoms with van der Waals surface area (Å²) >= 11 is 0. The zero-order valence-electron chi connectivity index (χ0n) is 17.3. The molecule has 3 aromatic rings. The van der Waals surface area contributed by atoms with Gasteiger partial charge in [-0.15, -0.1) is 5.10 Å². The molecule has 0 bridgehead atoms. The van der Waals surface area contributed by atoms with Gasteiger partial charge in [0, 0.05) is 12.8 Å². The Morgan fingerprint density at radius 1 is 1.14 bits per heavy atom. The van der Waals surface area contributed by atoms with Crippen LogP contribution in [0.5, 0.6) is 0 Å². The lowest BCUT2D eigenvalue weighted by molar-refractivity contribution is -0.914. The van der Waals surface area contributed by atoms with Crippen molar-refractivity contribution in [2.75, 3.05) is 13.1 Å². The van der Waals surface area contributed by atoms with E-state index in [1.807, 2.05) is 17.7 Å². The van der Waals surface area contributed by atoms with Crippen molar-refractivity contribution in [3.63, 3.8) is 0 Å². The predicted molar refractivity (Wildman–Crippen MR) is 109 cm³/mol. The summed E-state index contributed by atoms with van der Waals surface area (Å²) < 4.78 is 1.87. The van der Waals surface area contributed by atoms with Crippen LogP contribution in [0.25, 0.3) is 10.9 Å². The molecule has 1 atom stereocenters. The summed E-state index contributed by atoms with van der Waals surface area (Å²) in [7, 11) is 0. The van der Waals surface area contributed by atoms with E-state index in [2.05, 4.69) is 60.3 Å². The lowest BCUT2D eigenvalue weighted by Crippen LogP contribution is -3.10. The number of aryl methyl sites for hydroxylation is 2. The third-order valence-electron chi connectivity index (χ3n) is 5.67. The van der Waals surface area contributed by atoms with E-state index in [1.165, 1.54) is 10.5 Å². The number of hydrogen-bond acceptors (Lipinski definition) is 4. The van der Waals surface area contributed by atoms with Crippen molar-refractivity contribution in [3.8, 4) is 0 Å². The first-order chi connectivity index (χ1) is 13.3. The molecule has 7 nitrogen and oxygen atoms in total. The molecule has 0 amide bonds. The van der Waals surface area contributed by atoms with Gasteiger partial charge in [-0.2, -0.15) is 0 Å². The molecule has 1 fully saturated rings. The van der Waals surface area contributed by atoms with Crippen LogP contribution in [-0.2, 0) is 5.54 Å². The number of nitrogens with zero attached hydrogens (tertiary/aromatic N) is 4. The molecule has 0 spiro atoms. The van der Waals surface area contributed by atoms with Crippen molar-refractivity contribution >= 4 is 10.9 Å². The van der Waals surface area contributed by atoms with E-state index in [0.29, 0.717) is 0 Å². The van der Waals surface area contributed by atoms with Crippen molar-refractivity contribution in [1.82, 2.24) is 25.2 Å². The van der Waals surface area contributed by atoms with Gasteiger partial charge in [0.1, 0.15) is 0 Å². The number of nitrogens with one attached hydrogen (secondary N) is 2. The van der Waals surface area contributed by atoms with Crippen LogP contribution in [0.4, 0.5) is 0 Å². The smallest absolute Gasteiger partial charge is 0.258 e. The number of hydrogen-bond donors (Lipinski definition) is 2. The number of fused-ring (bicyclic) bond motifs is 1. The summed E-state index contributed by atoms with van der Waals surface area (Å²) in [5.74, 6) is 0.763. The second kappa shape index (κ2) is 6.81. The molecule has 7 heteroatoms. The number of quaternary nitrogens is 1. The molecule has 1 aromatic carbocycles. The second-order valence-corrected chi connectivity index (χ2v) is 9.02. The highest BCUT2D eigenvalue weighted by molar-refractivity contribution is 5.83. The van der Waals surface area contributed by atoms with Crippen LogP contribution < -0.4 is 10.5 Å². The van der Waals surface area contributed by atoms with E-state index in [0.717, 1.165) is 53.8 Å². The van der Waals surface area contributed by atoms with E-state index in [9.17, 15) is 4.79 Å². The highest BCUT2D eigenvalue weighted by Crippen LogP contribution is 2.24. The Kier molecular flexibility index (Phi) is 4.57. The van der Waals surface area contributed by atoms with Crippen LogP contribution in [0.3, 0.4) is 0 Å². The Morgan fingerprint density at radius 3 is 2.54 bits per heavy atom. The number of aromatic amines is 1. The normalized spacial score (nSPS) is 16.8. The zero-order chi connectivity index (χ0) is 20.1. The quantitative estimate of drug-likeness (QED) is 0.723. The van der Waals surface area contributed by atoms with Crippen molar-refractivity contribution in [3.05, 3.63) is 51.1 Å². The van der Waals surface area contributed by atoms with Gasteiger partial charge in [0.2, 0.25) is 5.82 Å². The van der Waals surface area contributed by atoms with Gasteiger partial charge in [0.15, 0.2) is 6.04 Å². The number of pyridine rings is 1. The van der Waals surface area contributed by atoms with Crippen LogP contribution in [0.1, 0.15) is 62.2 Å². The average Bonchev–Trinajstić information content (AvgIpc) is 3.28. The molecule has 2 N–H and O–H groups in total. The Bertz CT molecular complexity index is 1070. The lowest BCUT2D eigenvalue weighted by atomic mass is 10.00. The fraction of sp³-hybridized carbons (Fsp3) is 0.524. The fourth-order valence-electron chi connectivity index (χ4n) is 4.43. The maximum atomic E-state index is 13.2. The van der Waals surface area contributed by atoms with E-state index in [1.54, 1.807) is 0 Å². The third-order valence-corrected chi connectivity index (χ3v) is 5.67. The number of likely N-dealkylation sites (tertiary alicyclic amines) is 1. The SMILES string of the molecule is Cc1cc(C)c2[nH]c(=O)c([C@H](c3nnnn3C(C)(C)C)[NH+]3CCCC3)cc2c1. The number of benzene rings is 1. The topological polar surface area (TPSA) is 80.9 Å². The Hall–Kier alpha value is -2.54. The first-order valence-electron chi connectivity index (χ1n) is 10.0. The molecule has 0 aliphatic carbocycles. The van der Waals surface area contributed by atoms with Gasteiger partial charge in [-0.1, -0.05) is 11.6 Å². The molecular weight excluding hydrogens is 352 g/mol.